The first-order chi connectivity index (χ1) is 10.0. The predicted molar refractivity (Wildman–Crippen MR) is 80.4 cm³/mol. The van der Waals surface area contributed by atoms with Crippen molar-refractivity contribution in [2.75, 3.05) is 5.32 Å². The zero-order valence-electron chi connectivity index (χ0n) is 11.6. The molecule has 2 aromatic rings. The van der Waals surface area contributed by atoms with Crippen molar-refractivity contribution >= 4 is 23.7 Å². The van der Waals surface area contributed by atoms with Crippen molar-refractivity contribution in [2.24, 2.45) is 0 Å². The molecule has 21 heavy (non-hydrogen) atoms. The summed E-state index contributed by atoms with van der Waals surface area (Å²) in [4.78, 5) is 19.3. The van der Waals surface area contributed by atoms with Gasteiger partial charge in [0, 0.05) is 6.04 Å². The molecule has 6 heteroatoms. The molecular formula is C15H13ClN4O. The third kappa shape index (κ3) is 3.36. The maximum absolute atomic E-state index is 11.1. The molecule has 1 N–H and O–H groups in total. The van der Waals surface area contributed by atoms with E-state index in [1.807, 2.05) is 19.1 Å². The lowest BCUT2D eigenvalue weighted by Gasteiger charge is -2.17. The van der Waals surface area contributed by atoms with Gasteiger partial charge in [0.25, 0.3) is 0 Å². The van der Waals surface area contributed by atoms with E-state index in [1.165, 1.54) is 0 Å². The molecule has 5 nitrogen and oxygen atoms in total. The zero-order chi connectivity index (χ0) is 15.4. The van der Waals surface area contributed by atoms with Crippen molar-refractivity contribution in [2.45, 2.75) is 19.9 Å². The van der Waals surface area contributed by atoms with E-state index in [2.05, 4.69) is 21.4 Å². The van der Waals surface area contributed by atoms with Crippen molar-refractivity contribution in [1.82, 2.24) is 9.97 Å². The van der Waals surface area contributed by atoms with Crippen LogP contribution in [0.2, 0.25) is 5.15 Å². The summed E-state index contributed by atoms with van der Waals surface area (Å²) in [5.74, 6) is 0.888. The predicted octanol–water partition coefficient (Wildman–Crippen LogP) is 3.30. The van der Waals surface area contributed by atoms with Gasteiger partial charge in [-0.05, 0) is 31.5 Å². The van der Waals surface area contributed by atoms with Crippen LogP contribution in [-0.2, 0) is 0 Å². The van der Waals surface area contributed by atoms with Crippen LogP contribution in [0.15, 0.2) is 24.3 Å². The number of hydrogen-bond donors (Lipinski definition) is 1. The third-order valence-corrected chi connectivity index (χ3v) is 3.31. The molecule has 0 aliphatic rings. The van der Waals surface area contributed by atoms with E-state index in [-0.39, 0.29) is 16.8 Å². The van der Waals surface area contributed by atoms with Gasteiger partial charge in [-0.3, -0.25) is 4.79 Å². The molecule has 0 radical (unpaired) electrons. The number of halogens is 1. The van der Waals surface area contributed by atoms with Gasteiger partial charge in [0.05, 0.1) is 17.2 Å². The van der Waals surface area contributed by atoms with Crippen molar-refractivity contribution in [3.05, 3.63) is 51.9 Å². The average molecular weight is 301 g/mol. The first-order valence-electron chi connectivity index (χ1n) is 6.31. The molecule has 0 bridgehead atoms. The van der Waals surface area contributed by atoms with Crippen LogP contribution in [0.5, 0.6) is 0 Å². The number of anilines is 1. The summed E-state index contributed by atoms with van der Waals surface area (Å²) in [6, 6.07) is 9.17. The fourth-order valence-electron chi connectivity index (χ4n) is 1.90. The van der Waals surface area contributed by atoms with E-state index in [0.717, 1.165) is 5.56 Å². The molecule has 0 amide bonds. The largest absolute Gasteiger partial charge is 0.363 e. The molecular weight excluding hydrogens is 288 g/mol. The van der Waals surface area contributed by atoms with Crippen LogP contribution in [-0.4, -0.2) is 16.3 Å². The number of nitriles is 1. The van der Waals surface area contributed by atoms with Gasteiger partial charge in [0.2, 0.25) is 0 Å². The molecule has 0 saturated carbocycles. The highest BCUT2D eigenvalue weighted by Gasteiger charge is 2.14. The van der Waals surface area contributed by atoms with Crippen LogP contribution in [0.25, 0.3) is 0 Å². The van der Waals surface area contributed by atoms with Crippen molar-refractivity contribution < 1.29 is 4.79 Å². The Morgan fingerprint density at radius 3 is 2.57 bits per heavy atom. The number of nitrogens with one attached hydrogen (secondary N) is 1. The van der Waals surface area contributed by atoms with Gasteiger partial charge < -0.3 is 5.32 Å². The van der Waals surface area contributed by atoms with Crippen LogP contribution >= 0.6 is 11.6 Å². The fourth-order valence-corrected chi connectivity index (χ4v) is 2.15. The maximum atomic E-state index is 11.1. The number of carbonyl (C=O) groups is 1. The quantitative estimate of drug-likeness (QED) is 0.692. The first kappa shape index (κ1) is 14.9. The number of carbonyl (C=O) groups excluding carboxylic acids is 1. The number of rotatable bonds is 4. The Morgan fingerprint density at radius 1 is 1.33 bits per heavy atom. The van der Waals surface area contributed by atoms with Crippen molar-refractivity contribution in [1.29, 1.82) is 5.26 Å². The Hall–Kier alpha value is -2.45. The van der Waals surface area contributed by atoms with E-state index in [9.17, 15) is 4.79 Å². The number of hydrogen-bond acceptors (Lipinski definition) is 5. The van der Waals surface area contributed by atoms with Gasteiger partial charge in [0.15, 0.2) is 6.29 Å². The van der Waals surface area contributed by atoms with Gasteiger partial charge in [-0.25, -0.2) is 9.97 Å². The Labute approximate surface area is 127 Å². The Kier molecular flexibility index (Phi) is 4.51. The van der Waals surface area contributed by atoms with Crippen LogP contribution in [0.3, 0.4) is 0 Å². The topological polar surface area (TPSA) is 78.7 Å². The van der Waals surface area contributed by atoms with Gasteiger partial charge in [-0.1, -0.05) is 23.7 Å². The highest BCUT2D eigenvalue weighted by atomic mass is 35.5. The van der Waals surface area contributed by atoms with Crippen molar-refractivity contribution in [3.8, 4) is 6.07 Å². The van der Waals surface area contributed by atoms with Crippen molar-refractivity contribution in [3.63, 3.8) is 0 Å². The first-order valence-corrected chi connectivity index (χ1v) is 6.69. The second-order valence-corrected chi connectivity index (χ2v) is 4.90. The normalized spacial score (nSPS) is 11.5. The van der Waals surface area contributed by atoms with E-state index >= 15 is 0 Å². The molecule has 1 unspecified atom stereocenters. The summed E-state index contributed by atoms with van der Waals surface area (Å²) >= 11 is 5.95. The van der Waals surface area contributed by atoms with E-state index in [0.29, 0.717) is 23.5 Å². The molecule has 106 valence electrons. The monoisotopic (exact) mass is 300 g/mol. The summed E-state index contributed by atoms with van der Waals surface area (Å²) < 4.78 is 0. The van der Waals surface area contributed by atoms with E-state index < -0.39 is 0 Å². The molecule has 1 aromatic heterocycles. The van der Waals surface area contributed by atoms with Gasteiger partial charge in [-0.15, -0.1) is 0 Å². The summed E-state index contributed by atoms with van der Waals surface area (Å²) in [6.45, 7) is 3.64. The summed E-state index contributed by atoms with van der Waals surface area (Å²) in [7, 11) is 0. The number of aldehydes is 1. The average Bonchev–Trinajstić information content (AvgIpc) is 2.47. The lowest BCUT2D eigenvalue weighted by atomic mass is 10.1. The number of aryl methyl sites for hydroxylation is 1. The molecule has 0 fully saturated rings. The fraction of sp³-hybridized carbons (Fsp3) is 0.200. The van der Waals surface area contributed by atoms with Crippen LogP contribution < -0.4 is 5.32 Å². The Morgan fingerprint density at radius 2 is 2.00 bits per heavy atom. The maximum Gasteiger partial charge on any atom is 0.156 e. The standard InChI is InChI=1S/C15H13ClN4O/c1-9(12-5-3-11(7-17)4-6-12)18-15-13(8-21)14(16)19-10(2)20-15/h3-6,8-9H,1-2H3,(H,18,19,20). The van der Waals surface area contributed by atoms with E-state index in [4.69, 9.17) is 16.9 Å². The lowest BCUT2D eigenvalue weighted by molar-refractivity contribution is 0.112. The van der Waals surface area contributed by atoms with Gasteiger partial charge >= 0.3 is 0 Å². The summed E-state index contributed by atoms with van der Waals surface area (Å²) in [5.41, 5.74) is 1.81. The molecule has 0 saturated heterocycles. The van der Waals surface area contributed by atoms with Crippen LogP contribution in [0.4, 0.5) is 5.82 Å². The summed E-state index contributed by atoms with van der Waals surface area (Å²) in [6.07, 6.45) is 0.635. The SMILES string of the molecule is Cc1nc(Cl)c(C=O)c(NC(C)c2ccc(C#N)cc2)n1. The summed E-state index contributed by atoms with van der Waals surface area (Å²) in [5, 5.41) is 12.1. The molecule has 2 rings (SSSR count). The molecule has 1 atom stereocenters. The molecule has 1 aromatic carbocycles. The highest BCUT2D eigenvalue weighted by molar-refractivity contribution is 6.32. The number of aromatic nitrogens is 2. The van der Waals surface area contributed by atoms with Gasteiger partial charge in [-0.2, -0.15) is 5.26 Å². The molecule has 0 aliphatic heterocycles. The number of benzene rings is 1. The third-order valence-electron chi connectivity index (χ3n) is 3.02. The highest BCUT2D eigenvalue weighted by Crippen LogP contribution is 2.24. The molecule has 0 aliphatic carbocycles. The molecule has 1 heterocycles. The minimum Gasteiger partial charge on any atom is -0.363 e. The second-order valence-electron chi connectivity index (χ2n) is 4.54. The Bertz CT molecular complexity index is 707. The lowest BCUT2D eigenvalue weighted by Crippen LogP contribution is -2.11. The van der Waals surface area contributed by atoms with Gasteiger partial charge in [0.1, 0.15) is 16.8 Å². The minimum absolute atomic E-state index is 0.0955. The number of nitrogens with zero attached hydrogens (tertiary/aromatic N) is 3. The minimum atomic E-state index is -0.0955. The Balaban J connectivity index is 2.28. The van der Waals surface area contributed by atoms with Crippen LogP contribution in [0.1, 0.15) is 40.3 Å². The second kappa shape index (κ2) is 6.33. The zero-order valence-corrected chi connectivity index (χ0v) is 12.3. The molecule has 0 spiro atoms. The van der Waals surface area contributed by atoms with Crippen LogP contribution in [0, 0.1) is 18.3 Å². The van der Waals surface area contributed by atoms with E-state index in [1.54, 1.807) is 19.1 Å². The smallest absolute Gasteiger partial charge is 0.156 e.